The number of thiophene rings is 1. The SMILES string of the molecule is CC(=O)N(C)C(C)c1ccc2c(c1)CN(S(=O)(=O)c1cccs1)CCO2. The van der Waals surface area contributed by atoms with Gasteiger partial charge in [0.15, 0.2) is 0 Å². The van der Waals surface area contributed by atoms with Gasteiger partial charge in [0.25, 0.3) is 10.0 Å². The molecule has 1 unspecified atom stereocenters. The molecule has 140 valence electrons. The number of carbonyl (C=O) groups is 1. The summed E-state index contributed by atoms with van der Waals surface area (Å²) in [6, 6.07) is 8.96. The van der Waals surface area contributed by atoms with Crippen LogP contribution in [0.2, 0.25) is 0 Å². The molecule has 1 atom stereocenters. The van der Waals surface area contributed by atoms with Crippen LogP contribution in [0.4, 0.5) is 0 Å². The Morgan fingerprint density at radius 1 is 1.35 bits per heavy atom. The second kappa shape index (κ2) is 7.38. The number of fused-ring (bicyclic) bond motifs is 1. The van der Waals surface area contributed by atoms with Crippen LogP contribution in [0, 0.1) is 0 Å². The number of amides is 1. The van der Waals surface area contributed by atoms with Crippen LogP contribution >= 0.6 is 11.3 Å². The van der Waals surface area contributed by atoms with E-state index in [1.807, 2.05) is 25.1 Å². The molecule has 0 fully saturated rings. The van der Waals surface area contributed by atoms with Crippen LogP contribution in [0.25, 0.3) is 0 Å². The van der Waals surface area contributed by atoms with Gasteiger partial charge in [0.05, 0.1) is 6.04 Å². The van der Waals surface area contributed by atoms with Crippen molar-refractivity contribution in [3.8, 4) is 5.75 Å². The van der Waals surface area contributed by atoms with E-state index in [4.69, 9.17) is 4.74 Å². The molecular weight excluding hydrogens is 372 g/mol. The predicted molar refractivity (Wildman–Crippen MR) is 101 cm³/mol. The van der Waals surface area contributed by atoms with Crippen molar-refractivity contribution in [2.45, 2.75) is 30.6 Å². The summed E-state index contributed by atoms with van der Waals surface area (Å²) in [6.45, 7) is 4.33. The highest BCUT2D eigenvalue weighted by Crippen LogP contribution is 2.31. The minimum atomic E-state index is -3.54. The van der Waals surface area contributed by atoms with Crippen LogP contribution in [0.1, 0.15) is 31.0 Å². The fourth-order valence-corrected chi connectivity index (χ4v) is 5.44. The Labute approximate surface area is 158 Å². The van der Waals surface area contributed by atoms with E-state index in [0.717, 1.165) is 11.1 Å². The zero-order valence-corrected chi connectivity index (χ0v) is 16.6. The molecule has 1 aromatic carbocycles. The molecule has 26 heavy (non-hydrogen) atoms. The number of benzene rings is 1. The topological polar surface area (TPSA) is 66.9 Å². The molecule has 0 N–H and O–H groups in total. The van der Waals surface area contributed by atoms with E-state index in [2.05, 4.69) is 0 Å². The standard InChI is InChI=1S/C18H22N2O4S2/c1-13(19(3)14(2)21)15-6-7-17-16(11-15)12-20(8-9-24-17)26(22,23)18-5-4-10-25-18/h4-7,10-11,13H,8-9,12H2,1-3H3. The summed E-state index contributed by atoms with van der Waals surface area (Å²) in [7, 11) is -1.79. The van der Waals surface area contributed by atoms with Gasteiger partial charge in [-0.3, -0.25) is 4.79 Å². The van der Waals surface area contributed by atoms with Gasteiger partial charge < -0.3 is 9.64 Å². The summed E-state index contributed by atoms with van der Waals surface area (Å²) in [5, 5.41) is 1.76. The number of rotatable bonds is 4. The Morgan fingerprint density at radius 2 is 2.12 bits per heavy atom. The zero-order valence-electron chi connectivity index (χ0n) is 15.0. The lowest BCUT2D eigenvalue weighted by molar-refractivity contribution is -0.129. The second-order valence-electron chi connectivity index (χ2n) is 6.29. The molecule has 2 heterocycles. The third kappa shape index (κ3) is 3.62. The van der Waals surface area contributed by atoms with Crippen molar-refractivity contribution >= 4 is 27.3 Å². The van der Waals surface area contributed by atoms with Crippen LogP contribution in [0.15, 0.2) is 39.9 Å². The van der Waals surface area contributed by atoms with E-state index in [1.54, 1.807) is 29.5 Å². The molecule has 6 nitrogen and oxygen atoms in total. The number of hydrogen-bond donors (Lipinski definition) is 0. The van der Waals surface area contributed by atoms with Gasteiger partial charge in [-0.15, -0.1) is 11.3 Å². The summed E-state index contributed by atoms with van der Waals surface area (Å²) in [6.07, 6.45) is 0. The smallest absolute Gasteiger partial charge is 0.252 e. The molecule has 1 aliphatic rings. The Balaban J connectivity index is 1.92. The van der Waals surface area contributed by atoms with Gasteiger partial charge in [0.2, 0.25) is 5.91 Å². The fourth-order valence-electron chi connectivity index (χ4n) is 2.89. The number of sulfonamides is 1. The third-order valence-corrected chi connectivity index (χ3v) is 7.90. The number of nitrogens with zero attached hydrogens (tertiary/aromatic N) is 2. The maximum atomic E-state index is 12.9. The quantitative estimate of drug-likeness (QED) is 0.800. The second-order valence-corrected chi connectivity index (χ2v) is 9.40. The summed E-state index contributed by atoms with van der Waals surface area (Å²) in [5.41, 5.74) is 1.75. The first-order valence-electron chi connectivity index (χ1n) is 8.33. The highest BCUT2D eigenvalue weighted by molar-refractivity contribution is 7.91. The number of ether oxygens (including phenoxy) is 1. The van der Waals surface area contributed by atoms with Crippen molar-refractivity contribution in [2.75, 3.05) is 20.2 Å². The summed E-state index contributed by atoms with van der Waals surface area (Å²) in [4.78, 5) is 13.3. The molecule has 0 radical (unpaired) electrons. The molecule has 2 aromatic rings. The van der Waals surface area contributed by atoms with Crippen molar-refractivity contribution in [3.05, 3.63) is 46.8 Å². The molecule has 1 aliphatic heterocycles. The Bertz CT molecular complexity index is 894. The third-order valence-electron chi connectivity index (χ3n) is 4.68. The monoisotopic (exact) mass is 394 g/mol. The Hall–Kier alpha value is -1.90. The minimum absolute atomic E-state index is 0.0226. The van der Waals surface area contributed by atoms with E-state index in [-0.39, 0.29) is 18.5 Å². The van der Waals surface area contributed by atoms with Crippen molar-refractivity contribution in [1.29, 1.82) is 0 Å². The van der Waals surface area contributed by atoms with E-state index >= 15 is 0 Å². The van der Waals surface area contributed by atoms with Crippen LogP contribution in [0.5, 0.6) is 5.75 Å². The van der Waals surface area contributed by atoms with Gasteiger partial charge in [-0.2, -0.15) is 4.31 Å². The van der Waals surface area contributed by atoms with Gasteiger partial charge in [-0.25, -0.2) is 8.42 Å². The largest absolute Gasteiger partial charge is 0.492 e. The fraction of sp³-hybridized carbons (Fsp3) is 0.389. The highest BCUT2D eigenvalue weighted by Gasteiger charge is 2.29. The van der Waals surface area contributed by atoms with E-state index in [1.165, 1.54) is 22.6 Å². The molecule has 0 spiro atoms. The first-order chi connectivity index (χ1) is 12.3. The van der Waals surface area contributed by atoms with Gasteiger partial charge in [0.1, 0.15) is 16.6 Å². The molecule has 3 rings (SSSR count). The van der Waals surface area contributed by atoms with Crippen molar-refractivity contribution < 1.29 is 17.9 Å². The van der Waals surface area contributed by atoms with Crippen LogP contribution in [-0.2, 0) is 21.4 Å². The van der Waals surface area contributed by atoms with Crippen molar-refractivity contribution in [2.24, 2.45) is 0 Å². The summed E-state index contributed by atoms with van der Waals surface area (Å²) >= 11 is 1.21. The van der Waals surface area contributed by atoms with E-state index in [9.17, 15) is 13.2 Å². The van der Waals surface area contributed by atoms with Crippen molar-refractivity contribution in [1.82, 2.24) is 9.21 Å². The molecule has 1 amide bonds. The van der Waals surface area contributed by atoms with E-state index in [0.29, 0.717) is 23.1 Å². The van der Waals surface area contributed by atoms with Crippen LogP contribution < -0.4 is 4.74 Å². The molecule has 1 aromatic heterocycles. The summed E-state index contributed by atoms with van der Waals surface area (Å²) in [5.74, 6) is 0.668. The molecule has 0 saturated heterocycles. The first-order valence-corrected chi connectivity index (χ1v) is 10.7. The molecule has 8 heteroatoms. The summed E-state index contributed by atoms with van der Waals surface area (Å²) < 4.78 is 33.2. The lowest BCUT2D eigenvalue weighted by Gasteiger charge is -2.25. The molecule has 0 bridgehead atoms. The molecule has 0 aliphatic carbocycles. The lowest BCUT2D eigenvalue weighted by Crippen LogP contribution is -2.32. The normalized spacial score (nSPS) is 16.3. The van der Waals surface area contributed by atoms with Gasteiger partial charge in [0, 0.05) is 32.6 Å². The Morgan fingerprint density at radius 3 is 2.77 bits per heavy atom. The van der Waals surface area contributed by atoms with Crippen LogP contribution in [0.3, 0.4) is 0 Å². The average Bonchev–Trinajstić information content (AvgIpc) is 3.07. The first kappa shape index (κ1) is 18.9. The van der Waals surface area contributed by atoms with Gasteiger partial charge >= 0.3 is 0 Å². The van der Waals surface area contributed by atoms with E-state index < -0.39 is 10.0 Å². The predicted octanol–water partition coefficient (Wildman–Crippen LogP) is 2.87. The maximum Gasteiger partial charge on any atom is 0.252 e. The maximum absolute atomic E-state index is 12.9. The lowest BCUT2D eigenvalue weighted by atomic mass is 10.0. The van der Waals surface area contributed by atoms with Gasteiger partial charge in [-0.1, -0.05) is 12.1 Å². The minimum Gasteiger partial charge on any atom is -0.492 e. The average molecular weight is 395 g/mol. The van der Waals surface area contributed by atoms with Crippen LogP contribution in [-0.4, -0.2) is 43.7 Å². The van der Waals surface area contributed by atoms with Crippen molar-refractivity contribution in [3.63, 3.8) is 0 Å². The highest BCUT2D eigenvalue weighted by atomic mass is 32.2. The molecule has 0 saturated carbocycles. The van der Waals surface area contributed by atoms with Gasteiger partial charge in [-0.05, 0) is 36.1 Å². The Kier molecular flexibility index (Phi) is 5.36. The molecular formula is C18H22N2O4S2. The number of hydrogen-bond acceptors (Lipinski definition) is 5. The zero-order chi connectivity index (χ0) is 18.9. The number of carbonyl (C=O) groups excluding carboxylic acids is 1.